The fraction of sp³-hybridized carbons (Fsp3) is 0.333. The highest BCUT2D eigenvalue weighted by molar-refractivity contribution is 5.85. The number of hydrogen-bond acceptors (Lipinski definition) is 0. The molecule has 0 unspecified atom stereocenters. The molecule has 2 aromatic rings. The van der Waals surface area contributed by atoms with Crippen molar-refractivity contribution in [2.45, 2.75) is 25.7 Å². The van der Waals surface area contributed by atoms with Gasteiger partial charge in [0.25, 0.3) is 0 Å². The second kappa shape index (κ2) is 5.66. The van der Waals surface area contributed by atoms with E-state index in [1.807, 2.05) is 0 Å². The number of unbranched alkanes of at least 4 members (excludes halogenated alkanes) is 2. The van der Waals surface area contributed by atoms with E-state index in [4.69, 9.17) is 0 Å². The lowest BCUT2D eigenvalue weighted by atomic mass is 10.00. The topological polar surface area (TPSA) is 19.9 Å². The van der Waals surface area contributed by atoms with Gasteiger partial charge in [0.05, 0.1) is 6.61 Å². The van der Waals surface area contributed by atoms with Crippen LogP contribution in [0.15, 0.2) is 42.5 Å². The van der Waals surface area contributed by atoms with Crippen LogP contribution in [0, 0.1) is 0 Å². The average Bonchev–Trinajstić information content (AvgIpc) is 2.35. The smallest absolute Gasteiger partial charge is 0.0822 e. The monoisotopic (exact) mass is 213 g/mol. The Morgan fingerprint density at radius 1 is 0.812 bits per heavy atom. The Hall–Kier alpha value is -1.34. The van der Waals surface area contributed by atoms with Gasteiger partial charge in [-0.05, 0) is 35.6 Å². The quantitative estimate of drug-likeness (QED) is 0.669. The second-order valence-electron chi connectivity index (χ2n) is 4.15. The van der Waals surface area contributed by atoms with Crippen molar-refractivity contribution in [2.24, 2.45) is 0 Å². The summed E-state index contributed by atoms with van der Waals surface area (Å²) in [5.74, 6) is 0. The van der Waals surface area contributed by atoms with E-state index < -0.39 is 0 Å². The third kappa shape index (κ3) is 2.61. The minimum absolute atomic E-state index is 0.0650. The Kier molecular flexibility index (Phi) is 3.95. The summed E-state index contributed by atoms with van der Waals surface area (Å²) in [6.45, 7) is 0.0650. The maximum absolute atomic E-state index is 10.4. The molecule has 2 rings (SSSR count). The predicted molar refractivity (Wildman–Crippen MR) is 67.1 cm³/mol. The first-order chi connectivity index (χ1) is 7.92. The van der Waals surface area contributed by atoms with Crippen molar-refractivity contribution >= 4 is 10.8 Å². The van der Waals surface area contributed by atoms with Crippen molar-refractivity contribution in [3.63, 3.8) is 0 Å². The molecule has 0 aliphatic rings. The molecule has 0 saturated carbocycles. The van der Waals surface area contributed by atoms with E-state index in [0.29, 0.717) is 0 Å². The third-order valence-electron chi connectivity index (χ3n) is 2.97. The molecule has 2 aromatic carbocycles. The molecule has 0 aliphatic heterocycles. The molecular weight excluding hydrogens is 196 g/mol. The van der Waals surface area contributed by atoms with Crippen LogP contribution in [-0.2, 0) is 11.5 Å². The highest BCUT2D eigenvalue weighted by Crippen LogP contribution is 2.20. The Labute approximate surface area is 96.7 Å². The summed E-state index contributed by atoms with van der Waals surface area (Å²) >= 11 is 0. The molecule has 0 amide bonds. The van der Waals surface area contributed by atoms with Crippen molar-refractivity contribution < 1.29 is 5.11 Å². The number of aryl methyl sites for hydroxylation is 1. The molecule has 0 atom stereocenters. The van der Waals surface area contributed by atoms with Gasteiger partial charge in [-0.1, -0.05) is 48.9 Å². The Morgan fingerprint density at radius 2 is 1.62 bits per heavy atom. The highest BCUT2D eigenvalue weighted by Gasteiger charge is 1.99. The summed E-state index contributed by atoms with van der Waals surface area (Å²) in [7, 11) is 0. The van der Waals surface area contributed by atoms with Gasteiger partial charge in [0.2, 0.25) is 0 Å². The molecular formula is C15H17O. The van der Waals surface area contributed by atoms with Crippen LogP contribution in [0.2, 0.25) is 0 Å². The summed E-state index contributed by atoms with van der Waals surface area (Å²) < 4.78 is 0. The van der Waals surface area contributed by atoms with E-state index >= 15 is 0 Å². The minimum Gasteiger partial charge on any atom is -0.237 e. The van der Waals surface area contributed by atoms with Crippen molar-refractivity contribution in [2.75, 3.05) is 6.61 Å². The average molecular weight is 213 g/mol. The molecule has 0 fully saturated rings. The molecule has 1 radical (unpaired) electrons. The van der Waals surface area contributed by atoms with Crippen LogP contribution in [0.4, 0.5) is 0 Å². The Morgan fingerprint density at radius 3 is 2.50 bits per heavy atom. The maximum Gasteiger partial charge on any atom is 0.0822 e. The van der Waals surface area contributed by atoms with Crippen LogP contribution >= 0.6 is 0 Å². The van der Waals surface area contributed by atoms with Gasteiger partial charge >= 0.3 is 0 Å². The lowest BCUT2D eigenvalue weighted by Gasteiger charge is -2.05. The van der Waals surface area contributed by atoms with Crippen molar-refractivity contribution in [1.29, 1.82) is 0 Å². The molecule has 1 heteroatoms. The van der Waals surface area contributed by atoms with Gasteiger partial charge < -0.3 is 0 Å². The summed E-state index contributed by atoms with van der Waals surface area (Å²) in [4.78, 5) is 0. The van der Waals surface area contributed by atoms with Gasteiger partial charge in [-0.25, -0.2) is 5.11 Å². The zero-order valence-electron chi connectivity index (χ0n) is 9.49. The molecule has 0 heterocycles. The third-order valence-corrected chi connectivity index (χ3v) is 2.97. The van der Waals surface area contributed by atoms with Gasteiger partial charge in [0.1, 0.15) is 0 Å². The number of rotatable bonds is 5. The fourth-order valence-electron chi connectivity index (χ4n) is 2.10. The summed E-state index contributed by atoms with van der Waals surface area (Å²) in [6.07, 6.45) is 4.06. The SMILES string of the molecule is [O]CCCCCc1cccc2ccccc12. The summed E-state index contributed by atoms with van der Waals surface area (Å²) in [5.41, 5.74) is 1.41. The van der Waals surface area contributed by atoms with E-state index in [1.54, 1.807) is 0 Å². The standard InChI is InChI=1S/C15H17O/c16-12-5-1-2-7-13-9-6-10-14-8-3-4-11-15(13)14/h3-4,6,8-11H,1-2,5,7,12H2. The molecule has 1 nitrogen and oxygen atoms in total. The van der Waals surface area contributed by atoms with Crippen LogP contribution in [0.5, 0.6) is 0 Å². The van der Waals surface area contributed by atoms with Crippen LogP contribution < -0.4 is 0 Å². The molecule has 0 aromatic heterocycles. The van der Waals surface area contributed by atoms with Crippen LogP contribution in [0.3, 0.4) is 0 Å². The van der Waals surface area contributed by atoms with Crippen molar-refractivity contribution in [1.82, 2.24) is 0 Å². The fourth-order valence-corrected chi connectivity index (χ4v) is 2.10. The van der Waals surface area contributed by atoms with E-state index in [9.17, 15) is 5.11 Å². The molecule has 0 spiro atoms. The molecule has 0 N–H and O–H groups in total. The van der Waals surface area contributed by atoms with Gasteiger partial charge in [0.15, 0.2) is 0 Å². The molecule has 0 saturated heterocycles. The van der Waals surface area contributed by atoms with Crippen LogP contribution in [0.25, 0.3) is 10.8 Å². The van der Waals surface area contributed by atoms with E-state index in [2.05, 4.69) is 42.5 Å². The zero-order valence-corrected chi connectivity index (χ0v) is 9.49. The van der Waals surface area contributed by atoms with Crippen molar-refractivity contribution in [3.8, 4) is 0 Å². The first-order valence-electron chi connectivity index (χ1n) is 5.96. The van der Waals surface area contributed by atoms with Gasteiger partial charge in [0, 0.05) is 0 Å². The second-order valence-corrected chi connectivity index (χ2v) is 4.15. The first-order valence-corrected chi connectivity index (χ1v) is 5.96. The zero-order chi connectivity index (χ0) is 11.2. The molecule has 0 aliphatic carbocycles. The molecule has 0 bridgehead atoms. The first kappa shape index (κ1) is 11.2. The minimum atomic E-state index is 0.0650. The Bertz CT molecular complexity index is 443. The van der Waals surface area contributed by atoms with Gasteiger partial charge in [-0.2, -0.15) is 0 Å². The maximum atomic E-state index is 10.4. The van der Waals surface area contributed by atoms with Gasteiger partial charge in [-0.3, -0.25) is 0 Å². The van der Waals surface area contributed by atoms with Crippen LogP contribution in [-0.4, -0.2) is 6.61 Å². The Balaban J connectivity index is 2.11. The summed E-state index contributed by atoms with van der Waals surface area (Å²) in [5, 5.41) is 13.0. The van der Waals surface area contributed by atoms with Crippen molar-refractivity contribution in [3.05, 3.63) is 48.0 Å². The molecule has 83 valence electrons. The number of benzene rings is 2. The lowest BCUT2D eigenvalue weighted by Crippen LogP contribution is -1.89. The van der Waals surface area contributed by atoms with E-state index in [-0.39, 0.29) is 6.61 Å². The van der Waals surface area contributed by atoms with Crippen LogP contribution in [0.1, 0.15) is 24.8 Å². The normalized spacial score (nSPS) is 10.8. The van der Waals surface area contributed by atoms with E-state index in [1.165, 1.54) is 16.3 Å². The van der Waals surface area contributed by atoms with E-state index in [0.717, 1.165) is 25.7 Å². The predicted octanol–water partition coefficient (Wildman–Crippen LogP) is 3.98. The molecule has 16 heavy (non-hydrogen) atoms. The number of hydrogen-bond donors (Lipinski definition) is 0. The summed E-state index contributed by atoms with van der Waals surface area (Å²) in [6, 6.07) is 14.9. The van der Waals surface area contributed by atoms with Gasteiger partial charge in [-0.15, -0.1) is 0 Å². The highest BCUT2D eigenvalue weighted by atomic mass is 16.2. The largest absolute Gasteiger partial charge is 0.237 e. The lowest BCUT2D eigenvalue weighted by molar-refractivity contribution is 0.186. The number of fused-ring (bicyclic) bond motifs is 1.